The first-order chi connectivity index (χ1) is 9.35. The number of para-hydroxylation sites is 1. The van der Waals surface area contributed by atoms with Crippen molar-refractivity contribution < 1.29 is 9.47 Å². The van der Waals surface area contributed by atoms with Gasteiger partial charge in [-0.05, 0) is 29.3 Å². The highest BCUT2D eigenvalue weighted by Gasteiger charge is 2.22. The Morgan fingerprint density at radius 2 is 2.05 bits per heavy atom. The molecular weight excluding hydrogens is 260 g/mol. The minimum atomic E-state index is 0.0945. The fraction of sp³-hybridized carbons (Fsp3) is 0.250. The van der Waals surface area contributed by atoms with E-state index in [4.69, 9.17) is 21.1 Å². The van der Waals surface area contributed by atoms with E-state index in [1.54, 1.807) is 0 Å². The Kier molecular flexibility index (Phi) is 3.60. The van der Waals surface area contributed by atoms with Gasteiger partial charge in [-0.15, -0.1) is 11.6 Å². The summed E-state index contributed by atoms with van der Waals surface area (Å²) in [5, 5.41) is 0. The lowest BCUT2D eigenvalue weighted by Gasteiger charge is -2.12. The molecule has 19 heavy (non-hydrogen) atoms. The van der Waals surface area contributed by atoms with Gasteiger partial charge in [-0.25, -0.2) is 0 Å². The average Bonchev–Trinajstić information content (AvgIpc) is 2.88. The average molecular weight is 275 g/mol. The zero-order chi connectivity index (χ0) is 13.1. The van der Waals surface area contributed by atoms with E-state index in [0.29, 0.717) is 12.5 Å². The van der Waals surface area contributed by atoms with Crippen LogP contribution in [-0.2, 0) is 12.3 Å². The molecule has 0 spiro atoms. The van der Waals surface area contributed by atoms with Crippen molar-refractivity contribution in [3.63, 3.8) is 0 Å². The third-order valence-corrected chi connectivity index (χ3v) is 3.51. The smallest absolute Gasteiger partial charge is 0.137 e. The van der Waals surface area contributed by atoms with Gasteiger partial charge in [0, 0.05) is 12.3 Å². The number of hydrogen-bond donors (Lipinski definition) is 0. The summed E-state index contributed by atoms with van der Waals surface area (Å²) < 4.78 is 11.6. The molecule has 0 radical (unpaired) electrons. The van der Waals surface area contributed by atoms with Crippen molar-refractivity contribution in [2.75, 3.05) is 6.61 Å². The van der Waals surface area contributed by atoms with Crippen LogP contribution in [-0.4, -0.2) is 12.7 Å². The molecule has 3 rings (SSSR count). The summed E-state index contributed by atoms with van der Waals surface area (Å²) in [7, 11) is 0. The van der Waals surface area contributed by atoms with Crippen molar-refractivity contribution in [2.45, 2.75) is 18.4 Å². The van der Waals surface area contributed by atoms with Gasteiger partial charge >= 0.3 is 0 Å². The maximum Gasteiger partial charge on any atom is 0.137 e. The van der Waals surface area contributed by atoms with Crippen molar-refractivity contribution in [1.82, 2.24) is 0 Å². The molecular formula is C16H15ClO2. The lowest BCUT2D eigenvalue weighted by molar-refractivity contribution is 0.148. The quantitative estimate of drug-likeness (QED) is 0.790. The van der Waals surface area contributed by atoms with Crippen LogP contribution in [0.25, 0.3) is 0 Å². The van der Waals surface area contributed by atoms with Gasteiger partial charge in [0.2, 0.25) is 0 Å². The van der Waals surface area contributed by atoms with Crippen LogP contribution in [0.3, 0.4) is 0 Å². The Labute approximate surface area is 117 Å². The van der Waals surface area contributed by atoms with Gasteiger partial charge in [-0.3, -0.25) is 0 Å². The van der Waals surface area contributed by atoms with Gasteiger partial charge in [-0.1, -0.05) is 30.3 Å². The van der Waals surface area contributed by atoms with E-state index in [2.05, 4.69) is 6.07 Å². The fourth-order valence-corrected chi connectivity index (χ4v) is 2.42. The molecule has 0 aliphatic carbocycles. The van der Waals surface area contributed by atoms with Crippen LogP contribution in [0.2, 0.25) is 0 Å². The summed E-state index contributed by atoms with van der Waals surface area (Å²) in [4.78, 5) is 0. The molecule has 1 atom stereocenters. The van der Waals surface area contributed by atoms with Crippen molar-refractivity contribution in [3.8, 4) is 11.5 Å². The predicted octanol–water partition coefficient (Wildman–Crippen LogP) is 3.81. The van der Waals surface area contributed by atoms with Gasteiger partial charge in [0.05, 0.1) is 0 Å². The molecule has 0 saturated carbocycles. The summed E-state index contributed by atoms with van der Waals surface area (Å²) in [6.07, 6.45) is 1.00. The van der Waals surface area contributed by atoms with Gasteiger partial charge < -0.3 is 9.47 Å². The summed E-state index contributed by atoms with van der Waals surface area (Å²) in [6.45, 7) is 0.556. The SMILES string of the molecule is ClCc1cccc(OCC2Cc3ccccc3O2)c1. The first-order valence-corrected chi connectivity index (χ1v) is 6.91. The number of hydrogen-bond acceptors (Lipinski definition) is 2. The van der Waals surface area contributed by atoms with Crippen LogP contribution >= 0.6 is 11.6 Å². The van der Waals surface area contributed by atoms with E-state index in [1.165, 1.54) is 5.56 Å². The van der Waals surface area contributed by atoms with E-state index < -0.39 is 0 Å². The standard InChI is InChI=1S/C16H15ClO2/c17-10-12-4-3-6-14(8-12)18-11-15-9-13-5-1-2-7-16(13)19-15/h1-8,15H,9-11H2. The molecule has 2 aromatic rings. The zero-order valence-electron chi connectivity index (χ0n) is 10.5. The maximum absolute atomic E-state index is 5.83. The second kappa shape index (κ2) is 5.54. The second-order valence-corrected chi connectivity index (χ2v) is 4.91. The molecule has 98 valence electrons. The van der Waals surface area contributed by atoms with Crippen molar-refractivity contribution >= 4 is 11.6 Å². The van der Waals surface area contributed by atoms with Crippen molar-refractivity contribution in [1.29, 1.82) is 0 Å². The fourth-order valence-electron chi connectivity index (χ4n) is 2.25. The van der Waals surface area contributed by atoms with Crippen LogP contribution < -0.4 is 9.47 Å². The number of benzene rings is 2. The molecule has 0 N–H and O–H groups in total. The normalized spacial score (nSPS) is 16.8. The highest BCUT2D eigenvalue weighted by molar-refractivity contribution is 6.17. The number of ether oxygens (including phenoxy) is 2. The molecule has 0 fully saturated rings. The van der Waals surface area contributed by atoms with E-state index in [9.17, 15) is 0 Å². The highest BCUT2D eigenvalue weighted by Crippen LogP contribution is 2.28. The first-order valence-electron chi connectivity index (χ1n) is 6.37. The number of halogens is 1. The van der Waals surface area contributed by atoms with Crippen LogP contribution in [0.15, 0.2) is 48.5 Å². The summed E-state index contributed by atoms with van der Waals surface area (Å²) in [6, 6.07) is 16.0. The molecule has 1 aliphatic heterocycles. The number of fused-ring (bicyclic) bond motifs is 1. The topological polar surface area (TPSA) is 18.5 Å². The summed E-state index contributed by atoms with van der Waals surface area (Å²) in [5.74, 6) is 2.33. The lowest BCUT2D eigenvalue weighted by Crippen LogP contribution is -2.22. The Bertz CT molecular complexity index is 543. The van der Waals surface area contributed by atoms with Crippen LogP contribution in [0.5, 0.6) is 11.5 Å². The van der Waals surface area contributed by atoms with E-state index >= 15 is 0 Å². The van der Waals surface area contributed by atoms with Crippen LogP contribution in [0.4, 0.5) is 0 Å². The van der Waals surface area contributed by atoms with Crippen molar-refractivity contribution in [2.24, 2.45) is 0 Å². The molecule has 0 amide bonds. The summed E-state index contributed by atoms with van der Waals surface area (Å²) in [5.41, 5.74) is 2.32. The molecule has 3 heteroatoms. The van der Waals surface area contributed by atoms with Gasteiger partial charge in [-0.2, -0.15) is 0 Å². The Morgan fingerprint density at radius 3 is 2.89 bits per heavy atom. The monoisotopic (exact) mass is 274 g/mol. The third kappa shape index (κ3) is 2.85. The molecule has 1 unspecified atom stereocenters. The van der Waals surface area contributed by atoms with Gasteiger partial charge in [0.15, 0.2) is 0 Å². The van der Waals surface area contributed by atoms with Crippen LogP contribution in [0.1, 0.15) is 11.1 Å². The molecule has 2 aromatic carbocycles. The minimum Gasteiger partial charge on any atom is -0.490 e. The number of alkyl halides is 1. The van der Waals surface area contributed by atoms with E-state index in [-0.39, 0.29) is 6.10 Å². The molecule has 1 heterocycles. The zero-order valence-corrected chi connectivity index (χ0v) is 11.3. The van der Waals surface area contributed by atoms with Crippen molar-refractivity contribution in [3.05, 3.63) is 59.7 Å². The Morgan fingerprint density at radius 1 is 1.16 bits per heavy atom. The van der Waals surface area contributed by atoms with Crippen LogP contribution in [0, 0.1) is 0 Å². The molecule has 1 aliphatic rings. The van der Waals surface area contributed by atoms with E-state index in [1.807, 2.05) is 42.5 Å². The van der Waals surface area contributed by atoms with E-state index in [0.717, 1.165) is 23.5 Å². The third-order valence-electron chi connectivity index (χ3n) is 3.20. The first kappa shape index (κ1) is 12.4. The minimum absolute atomic E-state index is 0.0945. The predicted molar refractivity (Wildman–Crippen MR) is 76.1 cm³/mol. The Balaban J connectivity index is 1.59. The Hall–Kier alpha value is -1.67. The summed E-state index contributed by atoms with van der Waals surface area (Å²) >= 11 is 5.81. The molecule has 2 nitrogen and oxygen atoms in total. The number of rotatable bonds is 4. The largest absolute Gasteiger partial charge is 0.490 e. The van der Waals surface area contributed by atoms with Gasteiger partial charge in [0.1, 0.15) is 24.2 Å². The molecule has 0 bridgehead atoms. The maximum atomic E-state index is 5.83. The van der Waals surface area contributed by atoms with Gasteiger partial charge in [0.25, 0.3) is 0 Å². The second-order valence-electron chi connectivity index (χ2n) is 4.64. The highest BCUT2D eigenvalue weighted by atomic mass is 35.5. The molecule has 0 saturated heterocycles. The lowest BCUT2D eigenvalue weighted by atomic mass is 10.1. The molecule has 0 aromatic heterocycles.